The molecule has 1 fully saturated rings. The molecule has 176 valence electrons. The predicted molar refractivity (Wildman–Crippen MR) is 123 cm³/mol. The Morgan fingerprint density at radius 2 is 1.64 bits per heavy atom. The van der Waals surface area contributed by atoms with E-state index in [9.17, 15) is 18.8 Å². The number of carbonyl (C=O) groups is 3. The lowest BCUT2D eigenvalue weighted by Crippen LogP contribution is -2.43. The summed E-state index contributed by atoms with van der Waals surface area (Å²) >= 11 is 0. The third-order valence-electron chi connectivity index (χ3n) is 5.82. The first-order chi connectivity index (χ1) is 16.0. The van der Waals surface area contributed by atoms with Gasteiger partial charge in [-0.3, -0.25) is 14.4 Å². The van der Waals surface area contributed by atoms with Crippen LogP contribution in [0.3, 0.4) is 0 Å². The van der Waals surface area contributed by atoms with Crippen molar-refractivity contribution >= 4 is 17.8 Å². The molecule has 0 atom stereocenters. The maximum absolute atomic E-state index is 13.2. The van der Waals surface area contributed by atoms with Gasteiger partial charge in [-0.25, -0.2) is 4.39 Å². The molecular formula is C26H31FN2O4. The van der Waals surface area contributed by atoms with Crippen LogP contribution in [0.4, 0.5) is 4.39 Å². The average Bonchev–Trinajstić information content (AvgIpc) is 2.83. The van der Waals surface area contributed by atoms with Crippen LogP contribution < -0.4 is 5.32 Å². The van der Waals surface area contributed by atoms with Gasteiger partial charge in [-0.2, -0.15) is 0 Å². The van der Waals surface area contributed by atoms with Crippen LogP contribution in [-0.4, -0.2) is 41.9 Å². The molecule has 2 amide bonds. The van der Waals surface area contributed by atoms with E-state index < -0.39 is 5.97 Å². The highest BCUT2D eigenvalue weighted by atomic mass is 19.1. The lowest BCUT2D eigenvalue weighted by molar-refractivity contribution is -0.153. The number of hydrogen-bond acceptors (Lipinski definition) is 4. The number of carbonyl (C=O) groups excluding carboxylic acids is 3. The Hall–Kier alpha value is -3.22. The van der Waals surface area contributed by atoms with Crippen LogP contribution in [0.15, 0.2) is 54.6 Å². The van der Waals surface area contributed by atoms with Crippen LogP contribution in [0.1, 0.15) is 49.7 Å². The highest BCUT2D eigenvalue weighted by molar-refractivity contribution is 5.82. The number of hydrogen-bond donors (Lipinski definition) is 1. The molecule has 0 heterocycles. The van der Waals surface area contributed by atoms with Crippen molar-refractivity contribution in [1.82, 2.24) is 10.2 Å². The minimum atomic E-state index is -0.534. The second-order valence-corrected chi connectivity index (χ2v) is 8.36. The van der Waals surface area contributed by atoms with Gasteiger partial charge in [-0.15, -0.1) is 0 Å². The van der Waals surface area contributed by atoms with Crippen molar-refractivity contribution in [1.29, 1.82) is 0 Å². The summed E-state index contributed by atoms with van der Waals surface area (Å²) in [7, 11) is 0. The normalized spacial score (nSPS) is 13.8. The van der Waals surface area contributed by atoms with Crippen molar-refractivity contribution in [3.63, 3.8) is 0 Å². The van der Waals surface area contributed by atoms with Gasteiger partial charge in [0.05, 0.1) is 12.8 Å². The first-order valence-electron chi connectivity index (χ1n) is 11.5. The van der Waals surface area contributed by atoms with Crippen molar-refractivity contribution in [3.05, 3.63) is 71.5 Å². The Bertz CT molecular complexity index is 912. The first kappa shape index (κ1) is 24.4. The zero-order chi connectivity index (χ0) is 23.5. The SMILES string of the molecule is O=C(Cc1ccccc1)NCCC(=O)OCC(=O)N(Cc1ccc(F)cc1)C1CCCCC1. The van der Waals surface area contributed by atoms with Crippen molar-refractivity contribution in [2.24, 2.45) is 0 Å². The average molecular weight is 455 g/mol. The van der Waals surface area contributed by atoms with Crippen LogP contribution in [0.2, 0.25) is 0 Å². The van der Waals surface area contributed by atoms with Crippen LogP contribution in [0.25, 0.3) is 0 Å². The molecule has 1 aliphatic carbocycles. The molecule has 0 aromatic heterocycles. The van der Waals surface area contributed by atoms with E-state index in [1.54, 1.807) is 17.0 Å². The number of esters is 1. The molecule has 0 unspecified atom stereocenters. The van der Waals surface area contributed by atoms with Gasteiger partial charge in [0.25, 0.3) is 5.91 Å². The molecule has 0 bridgehead atoms. The Morgan fingerprint density at radius 1 is 0.939 bits per heavy atom. The molecule has 33 heavy (non-hydrogen) atoms. The summed E-state index contributed by atoms with van der Waals surface area (Å²) in [6.45, 7) is 0.173. The molecule has 1 aliphatic rings. The molecule has 0 aliphatic heterocycles. The molecular weight excluding hydrogens is 423 g/mol. The summed E-state index contributed by atoms with van der Waals surface area (Å²) in [5, 5.41) is 2.70. The number of halogens is 1. The van der Waals surface area contributed by atoms with Gasteiger partial charge < -0.3 is 15.0 Å². The van der Waals surface area contributed by atoms with Crippen LogP contribution in [0.5, 0.6) is 0 Å². The van der Waals surface area contributed by atoms with E-state index in [-0.39, 0.29) is 49.7 Å². The van der Waals surface area contributed by atoms with E-state index in [4.69, 9.17) is 4.74 Å². The molecule has 6 nitrogen and oxygen atoms in total. The monoisotopic (exact) mass is 454 g/mol. The summed E-state index contributed by atoms with van der Waals surface area (Å²) < 4.78 is 18.4. The summed E-state index contributed by atoms with van der Waals surface area (Å²) in [4.78, 5) is 38.7. The number of amides is 2. The second kappa shape index (κ2) is 12.7. The van der Waals surface area contributed by atoms with Crippen molar-refractivity contribution in [3.8, 4) is 0 Å². The number of benzene rings is 2. The van der Waals surface area contributed by atoms with Crippen molar-refractivity contribution in [2.45, 2.75) is 57.5 Å². The standard InChI is InChI=1S/C26H31FN2O4/c27-22-13-11-21(12-14-22)18-29(23-9-5-2-6-10-23)25(31)19-33-26(32)15-16-28-24(30)17-20-7-3-1-4-8-20/h1,3-4,7-8,11-14,23H,2,5-6,9-10,15-19H2,(H,28,30). The lowest BCUT2D eigenvalue weighted by Gasteiger charge is -2.34. The Labute approximate surface area is 194 Å². The van der Waals surface area contributed by atoms with Gasteiger partial charge in [0.1, 0.15) is 5.82 Å². The fourth-order valence-electron chi connectivity index (χ4n) is 4.05. The van der Waals surface area contributed by atoms with Gasteiger partial charge >= 0.3 is 5.97 Å². The zero-order valence-electron chi connectivity index (χ0n) is 18.8. The van der Waals surface area contributed by atoms with E-state index >= 15 is 0 Å². The van der Waals surface area contributed by atoms with Crippen LogP contribution >= 0.6 is 0 Å². The quantitative estimate of drug-likeness (QED) is 0.555. The summed E-state index contributed by atoms with van der Waals surface area (Å²) in [5.74, 6) is -1.28. The Morgan fingerprint density at radius 3 is 2.33 bits per heavy atom. The molecule has 0 spiro atoms. The summed E-state index contributed by atoms with van der Waals surface area (Å²) in [6, 6.07) is 15.5. The highest BCUT2D eigenvalue weighted by Crippen LogP contribution is 2.24. The van der Waals surface area contributed by atoms with Crippen LogP contribution in [0, 0.1) is 5.82 Å². The third kappa shape index (κ3) is 8.33. The van der Waals surface area contributed by atoms with Crippen molar-refractivity contribution < 1.29 is 23.5 Å². The molecule has 1 saturated carbocycles. The lowest BCUT2D eigenvalue weighted by atomic mass is 9.93. The number of nitrogens with zero attached hydrogens (tertiary/aromatic N) is 1. The van der Waals surface area contributed by atoms with Crippen molar-refractivity contribution in [2.75, 3.05) is 13.2 Å². The van der Waals surface area contributed by atoms with E-state index in [0.29, 0.717) is 6.54 Å². The molecule has 7 heteroatoms. The molecule has 0 saturated heterocycles. The molecule has 3 rings (SSSR count). The topological polar surface area (TPSA) is 75.7 Å². The highest BCUT2D eigenvalue weighted by Gasteiger charge is 2.26. The molecule has 1 N–H and O–H groups in total. The smallest absolute Gasteiger partial charge is 0.308 e. The minimum Gasteiger partial charge on any atom is -0.456 e. The first-order valence-corrected chi connectivity index (χ1v) is 11.5. The second-order valence-electron chi connectivity index (χ2n) is 8.36. The van der Waals surface area contributed by atoms with E-state index in [1.807, 2.05) is 30.3 Å². The zero-order valence-corrected chi connectivity index (χ0v) is 18.8. The van der Waals surface area contributed by atoms with E-state index in [2.05, 4.69) is 5.32 Å². The predicted octanol–water partition coefficient (Wildman–Crippen LogP) is 3.78. The summed E-state index contributed by atoms with van der Waals surface area (Å²) in [6.07, 6.45) is 5.33. The van der Waals surface area contributed by atoms with Gasteiger partial charge in [-0.1, -0.05) is 61.7 Å². The maximum Gasteiger partial charge on any atom is 0.308 e. The minimum absolute atomic E-state index is 0.00476. The largest absolute Gasteiger partial charge is 0.456 e. The van der Waals surface area contributed by atoms with Gasteiger partial charge in [0.2, 0.25) is 5.91 Å². The van der Waals surface area contributed by atoms with Gasteiger partial charge in [0, 0.05) is 19.1 Å². The number of ether oxygens (including phenoxy) is 1. The molecule has 0 radical (unpaired) electrons. The number of rotatable bonds is 10. The van der Waals surface area contributed by atoms with E-state index in [1.165, 1.54) is 12.1 Å². The molecule has 2 aromatic rings. The fourth-order valence-corrected chi connectivity index (χ4v) is 4.05. The Kier molecular flexibility index (Phi) is 9.42. The van der Waals surface area contributed by atoms with Gasteiger partial charge in [-0.05, 0) is 36.1 Å². The fraction of sp³-hybridized carbons (Fsp3) is 0.423. The van der Waals surface area contributed by atoms with Gasteiger partial charge in [0.15, 0.2) is 6.61 Å². The van der Waals surface area contributed by atoms with Crippen LogP contribution in [-0.2, 0) is 32.1 Å². The molecule has 2 aromatic carbocycles. The maximum atomic E-state index is 13.2. The number of nitrogens with one attached hydrogen (secondary N) is 1. The van der Waals surface area contributed by atoms with E-state index in [0.717, 1.165) is 43.2 Å². The summed E-state index contributed by atoms with van der Waals surface area (Å²) in [5.41, 5.74) is 1.73. The third-order valence-corrected chi connectivity index (χ3v) is 5.82. The Balaban J connectivity index is 1.44.